The number of halogens is 4. The van der Waals surface area contributed by atoms with Crippen LogP contribution >= 0.6 is 12.4 Å². The molecule has 0 saturated heterocycles. The molecule has 2 aromatic rings. The molecule has 2 N–H and O–H groups in total. The maximum absolute atomic E-state index is 12.2. The van der Waals surface area contributed by atoms with Crippen molar-refractivity contribution in [3.05, 3.63) is 53.6 Å². The number of hydrogen-bond acceptors (Lipinski definition) is 4. The summed E-state index contributed by atoms with van der Waals surface area (Å²) in [5, 5.41) is 0. The van der Waals surface area contributed by atoms with Gasteiger partial charge in [-0.2, -0.15) is 0 Å². The van der Waals surface area contributed by atoms with E-state index in [9.17, 15) is 13.2 Å². The number of rotatable bonds is 5. The minimum atomic E-state index is -4.72. The van der Waals surface area contributed by atoms with Crippen LogP contribution in [0.1, 0.15) is 17.2 Å². The van der Waals surface area contributed by atoms with Crippen molar-refractivity contribution in [2.75, 3.05) is 14.2 Å². The Kier molecular flexibility index (Phi) is 6.74. The Morgan fingerprint density at radius 2 is 1.33 bits per heavy atom. The number of ether oxygens (including phenoxy) is 3. The first-order valence-corrected chi connectivity index (χ1v) is 6.66. The third-order valence-corrected chi connectivity index (χ3v) is 3.21. The van der Waals surface area contributed by atoms with Gasteiger partial charge in [0.05, 0.1) is 20.3 Å². The molecule has 0 heterocycles. The zero-order valence-corrected chi connectivity index (χ0v) is 13.8. The van der Waals surface area contributed by atoms with Crippen molar-refractivity contribution in [2.45, 2.75) is 12.4 Å². The van der Waals surface area contributed by atoms with Gasteiger partial charge in [-0.25, -0.2) is 0 Å². The van der Waals surface area contributed by atoms with E-state index in [0.29, 0.717) is 22.6 Å². The van der Waals surface area contributed by atoms with Gasteiger partial charge in [0.15, 0.2) is 0 Å². The molecule has 0 aliphatic rings. The number of methoxy groups -OCH3 is 2. The molecule has 1 atom stereocenters. The molecule has 0 unspecified atom stereocenters. The molecular weight excluding hydrogens is 347 g/mol. The SMILES string of the molecule is COc1cc(OC)cc([C@H](N)c2ccc(OC(F)(F)F)cc2)c1.Cl. The standard InChI is InChI=1S/C16H16F3NO3.ClH/c1-21-13-7-11(8-14(9-13)22-2)15(20)10-3-5-12(6-4-10)23-16(17,18)19;/h3-9,15H,20H2,1-2H3;1H/t15-;/m1./s1. The molecule has 0 aromatic heterocycles. The molecule has 0 bridgehead atoms. The predicted octanol–water partition coefficient (Wildman–Crippen LogP) is 4.07. The van der Waals surface area contributed by atoms with E-state index in [1.54, 1.807) is 18.2 Å². The van der Waals surface area contributed by atoms with Gasteiger partial charge < -0.3 is 19.9 Å². The summed E-state index contributed by atoms with van der Waals surface area (Å²) in [6, 6.07) is 10.1. The summed E-state index contributed by atoms with van der Waals surface area (Å²) in [4.78, 5) is 0. The second-order valence-corrected chi connectivity index (χ2v) is 4.74. The lowest BCUT2D eigenvalue weighted by atomic mass is 9.99. The topological polar surface area (TPSA) is 53.7 Å². The van der Waals surface area contributed by atoms with Crippen LogP contribution < -0.4 is 19.9 Å². The average Bonchev–Trinajstić information content (AvgIpc) is 2.52. The molecule has 8 heteroatoms. The molecule has 0 radical (unpaired) electrons. The normalized spacial score (nSPS) is 12.1. The van der Waals surface area contributed by atoms with Crippen molar-refractivity contribution >= 4 is 12.4 Å². The first-order valence-electron chi connectivity index (χ1n) is 6.66. The lowest BCUT2D eigenvalue weighted by Gasteiger charge is -2.16. The minimum Gasteiger partial charge on any atom is -0.497 e. The molecule has 24 heavy (non-hydrogen) atoms. The number of benzene rings is 2. The molecule has 2 aromatic carbocycles. The first kappa shape index (κ1) is 19.9. The second kappa shape index (κ2) is 8.12. The Balaban J connectivity index is 0.00000288. The van der Waals surface area contributed by atoms with Crippen LogP contribution in [0.4, 0.5) is 13.2 Å². The maximum Gasteiger partial charge on any atom is 0.573 e. The Morgan fingerprint density at radius 1 is 0.833 bits per heavy atom. The largest absolute Gasteiger partial charge is 0.573 e. The van der Waals surface area contributed by atoms with E-state index in [1.807, 2.05) is 0 Å². The monoisotopic (exact) mass is 363 g/mol. The van der Waals surface area contributed by atoms with Crippen molar-refractivity contribution in [3.63, 3.8) is 0 Å². The highest BCUT2D eigenvalue weighted by atomic mass is 35.5. The van der Waals surface area contributed by atoms with Crippen LogP contribution in [0.2, 0.25) is 0 Å². The van der Waals surface area contributed by atoms with E-state index in [2.05, 4.69) is 4.74 Å². The van der Waals surface area contributed by atoms with Crippen molar-refractivity contribution < 1.29 is 27.4 Å². The molecule has 0 aliphatic carbocycles. The van der Waals surface area contributed by atoms with E-state index >= 15 is 0 Å². The van der Waals surface area contributed by atoms with Crippen LogP contribution in [-0.4, -0.2) is 20.6 Å². The molecule has 0 aliphatic heterocycles. The Hall–Kier alpha value is -2.12. The highest BCUT2D eigenvalue weighted by Gasteiger charge is 2.31. The highest BCUT2D eigenvalue weighted by Crippen LogP contribution is 2.30. The molecule has 0 saturated carbocycles. The van der Waals surface area contributed by atoms with Crippen LogP contribution in [0.3, 0.4) is 0 Å². The van der Waals surface area contributed by atoms with Gasteiger partial charge in [-0.05, 0) is 35.4 Å². The van der Waals surface area contributed by atoms with Gasteiger partial charge in [-0.1, -0.05) is 12.1 Å². The van der Waals surface area contributed by atoms with Gasteiger partial charge >= 0.3 is 6.36 Å². The van der Waals surface area contributed by atoms with Crippen molar-refractivity contribution in [3.8, 4) is 17.2 Å². The molecule has 132 valence electrons. The fraction of sp³-hybridized carbons (Fsp3) is 0.250. The molecule has 0 amide bonds. The fourth-order valence-corrected chi connectivity index (χ4v) is 2.08. The molecular formula is C16H17ClF3NO3. The quantitative estimate of drug-likeness (QED) is 0.870. The summed E-state index contributed by atoms with van der Waals surface area (Å²) < 4.78 is 50.7. The first-order chi connectivity index (χ1) is 10.8. The lowest BCUT2D eigenvalue weighted by Crippen LogP contribution is -2.17. The molecule has 4 nitrogen and oxygen atoms in total. The smallest absolute Gasteiger partial charge is 0.497 e. The Morgan fingerprint density at radius 3 is 1.75 bits per heavy atom. The highest BCUT2D eigenvalue weighted by molar-refractivity contribution is 5.85. The molecule has 2 rings (SSSR count). The molecule has 0 fully saturated rings. The van der Waals surface area contributed by atoms with Gasteiger partial charge in [0.25, 0.3) is 0 Å². The number of hydrogen-bond donors (Lipinski definition) is 1. The lowest BCUT2D eigenvalue weighted by molar-refractivity contribution is -0.274. The van der Waals surface area contributed by atoms with Crippen molar-refractivity contribution in [1.29, 1.82) is 0 Å². The zero-order valence-electron chi connectivity index (χ0n) is 13.0. The van der Waals surface area contributed by atoms with Gasteiger partial charge in [-0.3, -0.25) is 0 Å². The van der Waals surface area contributed by atoms with Gasteiger partial charge in [0.2, 0.25) is 0 Å². The van der Waals surface area contributed by atoms with E-state index in [0.717, 1.165) is 0 Å². The van der Waals surface area contributed by atoms with E-state index in [4.69, 9.17) is 15.2 Å². The number of alkyl halides is 3. The summed E-state index contributed by atoms with van der Waals surface area (Å²) in [6.07, 6.45) is -4.72. The molecule has 0 spiro atoms. The van der Waals surface area contributed by atoms with Gasteiger partial charge in [0.1, 0.15) is 17.2 Å². The third-order valence-electron chi connectivity index (χ3n) is 3.21. The van der Waals surface area contributed by atoms with E-state index in [1.165, 1.54) is 38.5 Å². The van der Waals surface area contributed by atoms with Gasteiger partial charge in [-0.15, -0.1) is 25.6 Å². The van der Waals surface area contributed by atoms with Crippen LogP contribution in [0, 0.1) is 0 Å². The zero-order chi connectivity index (χ0) is 17.0. The summed E-state index contributed by atoms with van der Waals surface area (Å²) in [7, 11) is 3.04. The van der Waals surface area contributed by atoms with Crippen molar-refractivity contribution in [2.24, 2.45) is 5.73 Å². The Bertz CT molecular complexity index is 640. The Labute approximate surface area is 143 Å². The number of nitrogens with two attached hydrogens (primary N) is 1. The van der Waals surface area contributed by atoms with Crippen LogP contribution in [-0.2, 0) is 0 Å². The van der Waals surface area contributed by atoms with Crippen LogP contribution in [0.5, 0.6) is 17.2 Å². The summed E-state index contributed by atoms with van der Waals surface area (Å²) >= 11 is 0. The predicted molar refractivity (Wildman–Crippen MR) is 85.9 cm³/mol. The van der Waals surface area contributed by atoms with E-state index < -0.39 is 12.4 Å². The fourth-order valence-electron chi connectivity index (χ4n) is 2.08. The van der Waals surface area contributed by atoms with Gasteiger partial charge in [0, 0.05) is 6.07 Å². The summed E-state index contributed by atoms with van der Waals surface area (Å²) in [6.45, 7) is 0. The van der Waals surface area contributed by atoms with E-state index in [-0.39, 0.29) is 18.2 Å². The van der Waals surface area contributed by atoms with Crippen molar-refractivity contribution in [1.82, 2.24) is 0 Å². The van der Waals surface area contributed by atoms with Crippen LogP contribution in [0.15, 0.2) is 42.5 Å². The minimum absolute atomic E-state index is 0. The van der Waals surface area contributed by atoms with Crippen LogP contribution in [0.25, 0.3) is 0 Å². The summed E-state index contributed by atoms with van der Waals surface area (Å²) in [5.74, 6) is 0.857. The second-order valence-electron chi connectivity index (χ2n) is 4.74. The average molecular weight is 364 g/mol. The summed E-state index contributed by atoms with van der Waals surface area (Å²) in [5.41, 5.74) is 7.51. The maximum atomic E-state index is 12.2. The third kappa shape index (κ3) is 5.21.